The molecule has 4 rings (SSSR count). The minimum Gasteiger partial charge on any atom is -0.386 e. The molecule has 0 radical (unpaired) electrons. The molecule has 0 fully saturated rings. The molecular weight excluding hydrogens is 446 g/mol. The van der Waals surface area contributed by atoms with Crippen LogP contribution in [0.1, 0.15) is 70.4 Å². The summed E-state index contributed by atoms with van der Waals surface area (Å²) in [6.07, 6.45) is 6.94. The summed E-state index contributed by atoms with van der Waals surface area (Å²) in [4.78, 5) is 5.13. The van der Waals surface area contributed by atoms with Gasteiger partial charge in [-0.05, 0) is 54.7 Å². The molecule has 3 atom stereocenters. The Morgan fingerprint density at radius 2 is 1.73 bits per heavy atom. The number of benzene rings is 1. The topological polar surface area (TPSA) is 98.0 Å². The molecule has 0 aromatic heterocycles. The molecule has 0 amide bonds. The Balaban J connectivity index is 1.97. The molecule has 174 valence electrons. The number of hydrogen-bond donors (Lipinski definition) is 2. The van der Waals surface area contributed by atoms with Crippen LogP contribution >= 0.6 is 23.5 Å². The Kier molecular flexibility index (Phi) is 7.03. The highest BCUT2D eigenvalue weighted by atomic mass is 32.2. The van der Waals surface area contributed by atoms with Crippen molar-refractivity contribution in [1.82, 2.24) is 5.32 Å². The standard InChI is InChI=1S/C26H33N5S2/c1-3-5-15-32-26(33-16-6-4-2)25(18-28)20-13-10-14-21(20)30-22(19-11-8-7-9-12-19)24(25,17-27)23(29)31-26/h7-9,11-12,22,30H,3-6,10,13-16H2,1-2H3,(H2,29,31)/t22-,24+,25+/m0/s1. The van der Waals surface area contributed by atoms with Crippen molar-refractivity contribution in [2.24, 2.45) is 21.6 Å². The van der Waals surface area contributed by atoms with Gasteiger partial charge in [0.25, 0.3) is 0 Å². The number of nitrogens with zero attached hydrogens (tertiary/aromatic N) is 3. The summed E-state index contributed by atoms with van der Waals surface area (Å²) in [5, 5.41) is 25.7. The van der Waals surface area contributed by atoms with Crippen LogP contribution < -0.4 is 11.1 Å². The van der Waals surface area contributed by atoms with E-state index in [4.69, 9.17) is 10.7 Å². The van der Waals surface area contributed by atoms with Crippen molar-refractivity contribution in [3.8, 4) is 12.1 Å². The van der Waals surface area contributed by atoms with Crippen LogP contribution in [0.15, 0.2) is 46.6 Å². The molecule has 3 aliphatic rings. The molecule has 3 N–H and O–H groups in total. The second kappa shape index (κ2) is 9.65. The Morgan fingerprint density at radius 1 is 1.06 bits per heavy atom. The van der Waals surface area contributed by atoms with Crippen LogP contribution in [0.2, 0.25) is 0 Å². The zero-order valence-electron chi connectivity index (χ0n) is 19.6. The lowest BCUT2D eigenvalue weighted by molar-refractivity contribution is 0.200. The maximum atomic E-state index is 11.1. The first kappa shape index (κ1) is 24.0. The Morgan fingerprint density at radius 3 is 2.30 bits per heavy atom. The van der Waals surface area contributed by atoms with Crippen molar-refractivity contribution in [1.29, 1.82) is 10.5 Å². The van der Waals surface area contributed by atoms with E-state index in [-0.39, 0.29) is 0 Å². The molecule has 5 nitrogen and oxygen atoms in total. The van der Waals surface area contributed by atoms with Crippen molar-refractivity contribution in [2.45, 2.75) is 69.0 Å². The average Bonchev–Trinajstić information content (AvgIpc) is 3.39. The van der Waals surface area contributed by atoms with Gasteiger partial charge in [0, 0.05) is 5.70 Å². The van der Waals surface area contributed by atoms with E-state index in [1.807, 2.05) is 30.3 Å². The second-order valence-electron chi connectivity index (χ2n) is 9.06. The monoisotopic (exact) mass is 479 g/mol. The van der Waals surface area contributed by atoms with Gasteiger partial charge in [-0.15, -0.1) is 23.5 Å². The Labute approximate surface area is 206 Å². The molecule has 33 heavy (non-hydrogen) atoms. The van der Waals surface area contributed by atoms with Gasteiger partial charge in [0.2, 0.25) is 0 Å². The number of nitrogens with one attached hydrogen (secondary N) is 1. The van der Waals surface area contributed by atoms with E-state index in [0.29, 0.717) is 5.84 Å². The summed E-state index contributed by atoms with van der Waals surface area (Å²) in [7, 11) is 0. The van der Waals surface area contributed by atoms with Crippen LogP contribution in [0.5, 0.6) is 0 Å². The van der Waals surface area contributed by atoms with E-state index in [9.17, 15) is 10.5 Å². The second-order valence-corrected chi connectivity index (χ2v) is 11.9. The van der Waals surface area contributed by atoms with Crippen molar-refractivity contribution >= 4 is 29.4 Å². The third kappa shape index (κ3) is 3.39. The molecule has 0 spiro atoms. The number of unbranched alkanes of at least 4 members (excludes halogenated alkanes) is 2. The lowest BCUT2D eigenvalue weighted by Gasteiger charge is -2.52. The quantitative estimate of drug-likeness (QED) is 0.339. The number of allylic oxidation sites excluding steroid dienone is 1. The number of hydrogen-bond acceptors (Lipinski definition) is 7. The molecule has 0 bridgehead atoms. The van der Waals surface area contributed by atoms with E-state index in [2.05, 4.69) is 31.3 Å². The number of thioether (sulfide) groups is 2. The molecule has 7 heteroatoms. The molecule has 1 aromatic rings. The van der Waals surface area contributed by atoms with E-state index in [0.717, 1.165) is 73.3 Å². The SMILES string of the molecule is CCCCSC1(SCCCC)N=C(N)[C@@]2(C#N)[C@H](c3ccccc3)NC3=C(CCC3)[C@@]12C#N. The highest BCUT2D eigenvalue weighted by Gasteiger charge is 2.77. The molecule has 1 aromatic carbocycles. The number of aliphatic imine (C=N–C) groups is 1. The predicted octanol–water partition coefficient (Wildman–Crippen LogP) is 5.88. The Bertz CT molecular complexity index is 1010. The molecule has 2 heterocycles. The molecule has 0 saturated carbocycles. The summed E-state index contributed by atoms with van der Waals surface area (Å²) >= 11 is 3.48. The smallest absolute Gasteiger partial charge is 0.178 e. The molecule has 2 aliphatic heterocycles. The lowest BCUT2D eigenvalue weighted by atomic mass is 9.55. The van der Waals surface area contributed by atoms with Crippen LogP contribution in [0.25, 0.3) is 0 Å². The number of rotatable bonds is 9. The fourth-order valence-corrected chi connectivity index (χ4v) is 9.28. The van der Waals surface area contributed by atoms with Gasteiger partial charge in [0.05, 0.1) is 18.2 Å². The zero-order valence-corrected chi connectivity index (χ0v) is 21.2. The van der Waals surface area contributed by atoms with E-state index < -0.39 is 21.1 Å². The number of nitriles is 2. The van der Waals surface area contributed by atoms with Crippen LogP contribution in [0.3, 0.4) is 0 Å². The third-order valence-electron chi connectivity index (χ3n) is 7.23. The van der Waals surface area contributed by atoms with Gasteiger partial charge in [0.1, 0.15) is 5.84 Å². The van der Waals surface area contributed by atoms with E-state index >= 15 is 0 Å². The predicted molar refractivity (Wildman–Crippen MR) is 138 cm³/mol. The summed E-state index contributed by atoms with van der Waals surface area (Å²) in [6, 6.07) is 15.0. The van der Waals surface area contributed by atoms with Crippen LogP contribution in [-0.4, -0.2) is 21.5 Å². The first-order chi connectivity index (χ1) is 16.1. The van der Waals surface area contributed by atoms with Crippen LogP contribution in [0.4, 0.5) is 0 Å². The van der Waals surface area contributed by atoms with Crippen molar-refractivity contribution in [3.63, 3.8) is 0 Å². The molecular formula is C26H33N5S2. The highest BCUT2D eigenvalue weighted by Crippen LogP contribution is 2.72. The van der Waals surface area contributed by atoms with Gasteiger partial charge in [-0.3, -0.25) is 0 Å². The van der Waals surface area contributed by atoms with Crippen molar-refractivity contribution in [3.05, 3.63) is 47.2 Å². The van der Waals surface area contributed by atoms with Gasteiger partial charge in [0.15, 0.2) is 15.0 Å². The molecule has 1 aliphatic carbocycles. The van der Waals surface area contributed by atoms with E-state index in [1.165, 1.54) is 0 Å². The van der Waals surface area contributed by atoms with Gasteiger partial charge in [-0.2, -0.15) is 10.5 Å². The van der Waals surface area contributed by atoms with Gasteiger partial charge < -0.3 is 11.1 Å². The highest BCUT2D eigenvalue weighted by molar-refractivity contribution is 8.18. The minimum absolute atomic E-state index is 0.305. The maximum absolute atomic E-state index is 11.1. The number of fused-ring (bicyclic) bond motifs is 2. The van der Waals surface area contributed by atoms with Gasteiger partial charge in [-0.25, -0.2) is 4.99 Å². The van der Waals surface area contributed by atoms with E-state index in [1.54, 1.807) is 23.5 Å². The summed E-state index contributed by atoms with van der Waals surface area (Å²) in [5.74, 6) is 2.09. The maximum Gasteiger partial charge on any atom is 0.178 e. The number of nitrogens with two attached hydrogens (primary N) is 1. The van der Waals surface area contributed by atoms with Gasteiger partial charge >= 0.3 is 0 Å². The fourth-order valence-electron chi connectivity index (χ4n) is 5.61. The Hall–Kier alpha value is -2.09. The summed E-state index contributed by atoms with van der Waals surface area (Å²) in [5.41, 5.74) is 7.58. The van der Waals surface area contributed by atoms with Crippen LogP contribution in [0, 0.1) is 33.5 Å². The average molecular weight is 480 g/mol. The fraction of sp³-hybridized carbons (Fsp3) is 0.577. The van der Waals surface area contributed by atoms with Crippen LogP contribution in [-0.2, 0) is 0 Å². The third-order valence-corrected chi connectivity index (χ3v) is 10.5. The zero-order chi connectivity index (χ0) is 23.5. The normalized spacial score (nSPS) is 29.5. The molecule has 0 unspecified atom stereocenters. The van der Waals surface area contributed by atoms with Crippen molar-refractivity contribution < 1.29 is 0 Å². The molecule has 0 saturated heterocycles. The van der Waals surface area contributed by atoms with Gasteiger partial charge in [-0.1, -0.05) is 57.0 Å². The number of amidine groups is 1. The minimum atomic E-state index is -1.26. The lowest BCUT2D eigenvalue weighted by Crippen LogP contribution is -2.61. The first-order valence-electron chi connectivity index (χ1n) is 12.1. The summed E-state index contributed by atoms with van der Waals surface area (Å²) in [6.45, 7) is 4.36. The van der Waals surface area contributed by atoms with Crippen molar-refractivity contribution in [2.75, 3.05) is 11.5 Å². The summed E-state index contributed by atoms with van der Waals surface area (Å²) < 4.78 is -0.814. The largest absolute Gasteiger partial charge is 0.386 e. The first-order valence-corrected chi connectivity index (χ1v) is 14.0.